The Morgan fingerprint density at radius 3 is 2.05 bits per heavy atom. The number of carbonyl (C=O) groups excluding carboxylic acids is 1. The van der Waals surface area contributed by atoms with Crippen molar-refractivity contribution in [3.63, 3.8) is 0 Å². The monoisotopic (exact) mass is 318 g/mol. The molecular formula is C17H15ClO4. The van der Waals surface area contributed by atoms with Gasteiger partial charge in [0.05, 0.1) is 0 Å². The van der Waals surface area contributed by atoms with Gasteiger partial charge in [0.15, 0.2) is 5.78 Å². The van der Waals surface area contributed by atoms with Crippen molar-refractivity contribution < 1.29 is 19.4 Å². The number of aliphatic carboxylic acids is 1. The number of hydrogen-bond donors (Lipinski definition) is 1. The maximum Gasteiger partial charge on any atom is 0.349 e. The molecule has 2 aromatic carbocycles. The van der Waals surface area contributed by atoms with E-state index >= 15 is 0 Å². The molecule has 0 aliphatic rings. The summed E-state index contributed by atoms with van der Waals surface area (Å²) >= 11 is 6.16. The number of halogens is 1. The van der Waals surface area contributed by atoms with E-state index in [1.54, 1.807) is 60.7 Å². The lowest BCUT2D eigenvalue weighted by molar-refractivity contribution is -0.153. The Hall–Kier alpha value is -2.33. The molecule has 22 heavy (non-hydrogen) atoms. The highest BCUT2D eigenvalue weighted by molar-refractivity contribution is 6.36. The lowest BCUT2D eigenvalue weighted by atomic mass is 9.94. The Bertz CT molecular complexity index is 657. The summed E-state index contributed by atoms with van der Waals surface area (Å²) in [6.45, 7) is 1.29. The van der Waals surface area contributed by atoms with Gasteiger partial charge >= 0.3 is 5.97 Å². The van der Waals surface area contributed by atoms with Gasteiger partial charge in [0.2, 0.25) is 5.60 Å². The van der Waals surface area contributed by atoms with Crippen LogP contribution in [-0.2, 0) is 4.79 Å². The van der Waals surface area contributed by atoms with Crippen molar-refractivity contribution in [2.45, 2.75) is 17.9 Å². The molecule has 0 bridgehead atoms. The van der Waals surface area contributed by atoms with E-state index < -0.39 is 22.7 Å². The third-order valence-corrected chi connectivity index (χ3v) is 3.88. The van der Waals surface area contributed by atoms with E-state index in [0.29, 0.717) is 11.3 Å². The fraction of sp³-hybridized carbons (Fsp3) is 0.176. The first-order valence-corrected chi connectivity index (χ1v) is 7.09. The Morgan fingerprint density at radius 2 is 1.55 bits per heavy atom. The zero-order valence-corrected chi connectivity index (χ0v) is 12.7. The number of carboxylic acid groups (broad SMARTS) is 1. The van der Waals surface area contributed by atoms with Gasteiger partial charge < -0.3 is 9.84 Å². The smallest absolute Gasteiger partial charge is 0.349 e. The number of carbonyl (C=O) groups is 2. The number of benzene rings is 2. The van der Waals surface area contributed by atoms with Crippen LogP contribution in [0.25, 0.3) is 0 Å². The molecule has 0 saturated carbocycles. The number of ether oxygens (including phenoxy) is 1. The zero-order chi connectivity index (χ0) is 16.2. The molecule has 0 aliphatic carbocycles. The van der Waals surface area contributed by atoms with Crippen LogP contribution in [0.1, 0.15) is 17.3 Å². The maximum absolute atomic E-state index is 12.4. The van der Waals surface area contributed by atoms with E-state index in [4.69, 9.17) is 16.3 Å². The molecule has 0 aliphatic heterocycles. The van der Waals surface area contributed by atoms with Gasteiger partial charge in [-0.3, -0.25) is 4.79 Å². The largest absolute Gasteiger partial charge is 0.478 e. The van der Waals surface area contributed by atoms with Crippen molar-refractivity contribution in [2.75, 3.05) is 0 Å². The molecule has 4 nitrogen and oxygen atoms in total. The Kier molecular flexibility index (Phi) is 4.83. The van der Waals surface area contributed by atoms with Crippen molar-refractivity contribution in [3.05, 3.63) is 66.2 Å². The fourth-order valence-electron chi connectivity index (χ4n) is 1.94. The van der Waals surface area contributed by atoms with Gasteiger partial charge in [-0.25, -0.2) is 4.79 Å². The normalized spacial score (nSPS) is 14.6. The average Bonchev–Trinajstić information content (AvgIpc) is 2.55. The van der Waals surface area contributed by atoms with E-state index in [1.165, 1.54) is 6.92 Å². The Labute approximate surface area is 133 Å². The summed E-state index contributed by atoms with van der Waals surface area (Å²) in [7, 11) is 0. The minimum Gasteiger partial charge on any atom is -0.478 e. The number of alkyl halides is 1. The minimum atomic E-state index is -1.88. The summed E-state index contributed by atoms with van der Waals surface area (Å²) in [6.07, 6.45) is 0. The van der Waals surface area contributed by atoms with Gasteiger partial charge in [0.25, 0.3) is 0 Å². The van der Waals surface area contributed by atoms with Gasteiger partial charge in [-0.1, -0.05) is 48.5 Å². The highest BCUT2D eigenvalue weighted by atomic mass is 35.5. The van der Waals surface area contributed by atoms with Crippen LogP contribution >= 0.6 is 11.6 Å². The van der Waals surface area contributed by atoms with Gasteiger partial charge in [-0.05, 0) is 19.1 Å². The van der Waals surface area contributed by atoms with Crippen molar-refractivity contribution in [1.29, 1.82) is 0 Å². The van der Waals surface area contributed by atoms with Gasteiger partial charge in [-0.2, -0.15) is 0 Å². The Balaban J connectivity index is 2.30. The highest BCUT2D eigenvalue weighted by Crippen LogP contribution is 2.27. The number of para-hydroxylation sites is 1. The van der Waals surface area contributed by atoms with Crippen molar-refractivity contribution in [1.82, 2.24) is 0 Å². The summed E-state index contributed by atoms with van der Waals surface area (Å²) in [5.74, 6) is -1.47. The lowest BCUT2D eigenvalue weighted by Crippen LogP contribution is -2.52. The molecule has 5 heteroatoms. The molecule has 0 saturated heterocycles. The number of hydrogen-bond acceptors (Lipinski definition) is 3. The van der Waals surface area contributed by atoms with Crippen LogP contribution in [0.2, 0.25) is 0 Å². The summed E-state index contributed by atoms with van der Waals surface area (Å²) in [5.41, 5.74) is -1.54. The number of rotatable bonds is 6. The molecule has 0 spiro atoms. The van der Waals surface area contributed by atoms with Crippen molar-refractivity contribution in [3.8, 4) is 5.75 Å². The molecule has 0 amide bonds. The van der Waals surface area contributed by atoms with E-state index in [1.807, 2.05) is 0 Å². The molecule has 114 valence electrons. The molecule has 2 aromatic rings. The fourth-order valence-corrected chi connectivity index (χ4v) is 2.20. The van der Waals surface area contributed by atoms with Crippen molar-refractivity contribution in [2.24, 2.45) is 0 Å². The topological polar surface area (TPSA) is 63.6 Å². The number of carboxylic acids is 1. The molecule has 0 aromatic heterocycles. The second-order valence-electron chi connectivity index (χ2n) is 4.92. The number of ketones is 1. The predicted molar refractivity (Wildman–Crippen MR) is 83.5 cm³/mol. The second kappa shape index (κ2) is 6.62. The van der Waals surface area contributed by atoms with Crippen LogP contribution in [0.5, 0.6) is 5.75 Å². The second-order valence-corrected chi connectivity index (χ2v) is 5.36. The molecule has 0 heterocycles. The lowest BCUT2D eigenvalue weighted by Gasteiger charge is -2.29. The molecule has 2 atom stereocenters. The summed E-state index contributed by atoms with van der Waals surface area (Å²) in [5, 5.41) is 8.13. The first-order valence-electron chi connectivity index (χ1n) is 6.66. The maximum atomic E-state index is 12.4. The van der Waals surface area contributed by atoms with Crippen LogP contribution in [0.3, 0.4) is 0 Å². The van der Waals surface area contributed by atoms with Crippen LogP contribution in [0.15, 0.2) is 60.7 Å². The average molecular weight is 319 g/mol. The van der Waals surface area contributed by atoms with Crippen LogP contribution in [0, 0.1) is 0 Å². The quantitative estimate of drug-likeness (QED) is 0.655. The SMILES string of the molecule is CC(Oc1ccccc1)(C(=O)O)C(Cl)C(=O)c1ccccc1. The highest BCUT2D eigenvalue weighted by Gasteiger charge is 2.47. The van der Waals surface area contributed by atoms with Crippen molar-refractivity contribution >= 4 is 23.4 Å². The van der Waals surface area contributed by atoms with Crippen LogP contribution < -0.4 is 4.74 Å². The summed E-state index contributed by atoms with van der Waals surface area (Å²) < 4.78 is 5.52. The van der Waals surface area contributed by atoms with E-state index in [0.717, 1.165) is 0 Å². The standard InChI is InChI=1S/C17H15ClO4/c1-17(16(20)21,22-13-10-6-3-7-11-13)15(18)14(19)12-8-4-2-5-9-12/h2-11,15H,1H3,(H,20,21). The summed E-state index contributed by atoms with van der Waals surface area (Å²) in [4.78, 5) is 24.1. The first kappa shape index (κ1) is 16.0. The zero-order valence-electron chi connectivity index (χ0n) is 11.9. The van der Waals surface area contributed by atoms with Crippen LogP contribution in [-0.4, -0.2) is 27.8 Å². The third-order valence-electron chi connectivity index (χ3n) is 3.27. The molecule has 1 N–H and O–H groups in total. The number of Topliss-reactive ketones (excluding diaryl/α,β-unsaturated/α-hetero) is 1. The Morgan fingerprint density at radius 1 is 1.05 bits per heavy atom. The van der Waals surface area contributed by atoms with Gasteiger partial charge in [-0.15, -0.1) is 11.6 Å². The van der Waals surface area contributed by atoms with E-state index in [9.17, 15) is 14.7 Å². The molecule has 2 rings (SSSR count). The molecular weight excluding hydrogens is 304 g/mol. The van der Waals surface area contributed by atoms with E-state index in [2.05, 4.69) is 0 Å². The van der Waals surface area contributed by atoms with Gasteiger partial charge in [0.1, 0.15) is 11.1 Å². The minimum absolute atomic E-state index is 0.332. The molecule has 2 unspecified atom stereocenters. The summed E-state index contributed by atoms with van der Waals surface area (Å²) in [6, 6.07) is 16.7. The van der Waals surface area contributed by atoms with E-state index in [-0.39, 0.29) is 0 Å². The first-order chi connectivity index (χ1) is 10.4. The molecule has 0 fully saturated rings. The third kappa shape index (κ3) is 3.28. The van der Waals surface area contributed by atoms with Crippen LogP contribution in [0.4, 0.5) is 0 Å². The van der Waals surface area contributed by atoms with Gasteiger partial charge in [0, 0.05) is 5.56 Å². The predicted octanol–water partition coefficient (Wildman–Crippen LogP) is 3.40. The molecule has 0 radical (unpaired) electrons.